The number of para-hydroxylation sites is 1. The number of benzene rings is 1. The van der Waals surface area contributed by atoms with Gasteiger partial charge in [-0.3, -0.25) is 9.59 Å². The van der Waals surface area contributed by atoms with Crippen LogP contribution in [0.3, 0.4) is 0 Å². The molecule has 2 heterocycles. The van der Waals surface area contributed by atoms with Gasteiger partial charge in [-0.15, -0.1) is 0 Å². The van der Waals surface area contributed by atoms with E-state index >= 15 is 0 Å². The maximum atomic E-state index is 12.5. The minimum atomic E-state index is -0.849. The molecule has 3 rings (SSSR count). The standard InChI is InChI=1S/C16H17N3O3/c1-11-13(16(21)22)7-9-18(11)15(20)14-8-10-19(17-14)12-5-3-2-4-6-12/h2-6,8,10-11,13H,7,9H2,1H3,(H,21,22). The van der Waals surface area contributed by atoms with Crippen LogP contribution in [0.5, 0.6) is 0 Å². The lowest BCUT2D eigenvalue weighted by Gasteiger charge is -2.22. The van der Waals surface area contributed by atoms with Crippen molar-refractivity contribution in [3.8, 4) is 5.69 Å². The first-order valence-electron chi connectivity index (χ1n) is 7.23. The predicted octanol–water partition coefficient (Wildman–Crippen LogP) is 1.81. The Bertz CT molecular complexity index is 696. The molecule has 1 aliphatic heterocycles. The maximum absolute atomic E-state index is 12.5. The highest BCUT2D eigenvalue weighted by Gasteiger charge is 2.38. The van der Waals surface area contributed by atoms with Gasteiger partial charge in [0.1, 0.15) is 0 Å². The number of aromatic nitrogens is 2. The fourth-order valence-electron chi connectivity index (χ4n) is 2.87. The Morgan fingerprint density at radius 3 is 2.59 bits per heavy atom. The van der Waals surface area contributed by atoms with Crippen molar-refractivity contribution in [1.82, 2.24) is 14.7 Å². The van der Waals surface area contributed by atoms with Crippen LogP contribution in [0.2, 0.25) is 0 Å². The number of likely N-dealkylation sites (tertiary alicyclic amines) is 1. The summed E-state index contributed by atoms with van der Waals surface area (Å²) in [5.74, 6) is -1.57. The van der Waals surface area contributed by atoms with Gasteiger partial charge in [0.05, 0.1) is 11.6 Å². The molecule has 2 atom stereocenters. The van der Waals surface area contributed by atoms with Crippen molar-refractivity contribution in [2.75, 3.05) is 6.54 Å². The molecule has 2 aromatic rings. The molecule has 114 valence electrons. The zero-order chi connectivity index (χ0) is 15.7. The molecule has 0 aliphatic carbocycles. The molecule has 0 radical (unpaired) electrons. The van der Waals surface area contributed by atoms with Gasteiger partial charge in [-0.1, -0.05) is 18.2 Å². The summed E-state index contributed by atoms with van der Waals surface area (Å²) in [5.41, 5.74) is 1.21. The lowest BCUT2D eigenvalue weighted by molar-refractivity contribution is -0.142. The molecule has 2 unspecified atom stereocenters. The molecule has 1 aromatic carbocycles. The molecule has 1 aliphatic rings. The van der Waals surface area contributed by atoms with Crippen LogP contribution in [-0.2, 0) is 4.79 Å². The van der Waals surface area contributed by atoms with Crippen molar-refractivity contribution < 1.29 is 14.7 Å². The van der Waals surface area contributed by atoms with Gasteiger partial charge >= 0.3 is 5.97 Å². The summed E-state index contributed by atoms with van der Waals surface area (Å²) >= 11 is 0. The summed E-state index contributed by atoms with van der Waals surface area (Å²) in [6.07, 6.45) is 2.22. The molecule has 6 heteroatoms. The van der Waals surface area contributed by atoms with E-state index in [0.29, 0.717) is 18.7 Å². The van der Waals surface area contributed by atoms with Crippen LogP contribution in [0.1, 0.15) is 23.8 Å². The van der Waals surface area contributed by atoms with Gasteiger partial charge in [-0.25, -0.2) is 4.68 Å². The lowest BCUT2D eigenvalue weighted by Crippen LogP contribution is -2.37. The SMILES string of the molecule is CC1C(C(=O)O)CCN1C(=O)c1ccn(-c2ccccc2)n1. The number of amides is 1. The highest BCUT2D eigenvalue weighted by molar-refractivity contribution is 5.93. The van der Waals surface area contributed by atoms with Crippen molar-refractivity contribution in [1.29, 1.82) is 0 Å². The Hall–Kier alpha value is -2.63. The van der Waals surface area contributed by atoms with E-state index < -0.39 is 11.9 Å². The fraction of sp³-hybridized carbons (Fsp3) is 0.312. The predicted molar refractivity (Wildman–Crippen MR) is 79.8 cm³/mol. The van der Waals surface area contributed by atoms with E-state index in [4.69, 9.17) is 5.11 Å². The Balaban J connectivity index is 1.79. The van der Waals surface area contributed by atoms with E-state index in [0.717, 1.165) is 5.69 Å². The molecular formula is C16H17N3O3. The van der Waals surface area contributed by atoms with Crippen LogP contribution in [0.4, 0.5) is 0 Å². The Morgan fingerprint density at radius 2 is 1.95 bits per heavy atom. The average Bonchev–Trinajstić information content (AvgIpc) is 3.14. The largest absolute Gasteiger partial charge is 0.481 e. The number of hydrogen-bond acceptors (Lipinski definition) is 3. The first-order chi connectivity index (χ1) is 10.6. The van der Waals surface area contributed by atoms with Crippen molar-refractivity contribution in [3.63, 3.8) is 0 Å². The summed E-state index contributed by atoms with van der Waals surface area (Å²) in [6, 6.07) is 10.9. The van der Waals surface area contributed by atoms with Gasteiger partial charge in [0, 0.05) is 18.8 Å². The molecule has 6 nitrogen and oxygen atoms in total. The molecule has 1 N–H and O–H groups in total. The second-order valence-corrected chi connectivity index (χ2v) is 5.45. The second-order valence-electron chi connectivity index (χ2n) is 5.45. The topological polar surface area (TPSA) is 75.4 Å². The molecular weight excluding hydrogens is 282 g/mol. The van der Waals surface area contributed by atoms with Crippen molar-refractivity contribution in [2.24, 2.45) is 5.92 Å². The number of nitrogens with zero attached hydrogens (tertiary/aromatic N) is 3. The van der Waals surface area contributed by atoms with Crippen LogP contribution in [-0.4, -0.2) is 44.3 Å². The first-order valence-corrected chi connectivity index (χ1v) is 7.23. The van der Waals surface area contributed by atoms with Gasteiger partial charge in [-0.2, -0.15) is 5.10 Å². The number of hydrogen-bond donors (Lipinski definition) is 1. The van der Waals surface area contributed by atoms with Crippen LogP contribution in [0.25, 0.3) is 5.69 Å². The van der Waals surface area contributed by atoms with Crippen LogP contribution >= 0.6 is 0 Å². The monoisotopic (exact) mass is 299 g/mol. The van der Waals surface area contributed by atoms with Crippen molar-refractivity contribution in [2.45, 2.75) is 19.4 Å². The van der Waals surface area contributed by atoms with Gasteiger partial charge in [-0.05, 0) is 31.5 Å². The molecule has 22 heavy (non-hydrogen) atoms. The molecule has 1 aromatic heterocycles. The van der Waals surface area contributed by atoms with E-state index in [1.54, 1.807) is 28.8 Å². The molecule has 0 saturated carbocycles. The summed E-state index contributed by atoms with van der Waals surface area (Å²) in [4.78, 5) is 25.3. The third-order valence-corrected chi connectivity index (χ3v) is 4.16. The summed E-state index contributed by atoms with van der Waals surface area (Å²) < 4.78 is 1.64. The van der Waals surface area contributed by atoms with Gasteiger partial charge < -0.3 is 10.0 Å². The third kappa shape index (κ3) is 2.47. The number of aliphatic carboxylic acids is 1. The van der Waals surface area contributed by atoms with Crippen LogP contribution in [0.15, 0.2) is 42.6 Å². The summed E-state index contributed by atoms with van der Waals surface area (Å²) in [5, 5.41) is 13.5. The minimum Gasteiger partial charge on any atom is -0.481 e. The van der Waals surface area contributed by atoms with Crippen molar-refractivity contribution >= 4 is 11.9 Å². The summed E-state index contributed by atoms with van der Waals surface area (Å²) in [7, 11) is 0. The van der Waals surface area contributed by atoms with E-state index in [1.807, 2.05) is 30.3 Å². The van der Waals surface area contributed by atoms with Crippen molar-refractivity contribution in [3.05, 3.63) is 48.3 Å². The van der Waals surface area contributed by atoms with Crippen LogP contribution in [0, 0.1) is 5.92 Å². The number of carboxylic acids is 1. The normalized spacial score (nSPS) is 21.0. The van der Waals surface area contributed by atoms with Gasteiger partial charge in [0.2, 0.25) is 0 Å². The third-order valence-electron chi connectivity index (χ3n) is 4.16. The first kappa shape index (κ1) is 14.3. The Labute approximate surface area is 128 Å². The number of carbonyl (C=O) groups excluding carboxylic acids is 1. The molecule has 1 fully saturated rings. The molecule has 0 spiro atoms. The molecule has 1 saturated heterocycles. The van der Waals surface area contributed by atoms with Gasteiger partial charge in [0.25, 0.3) is 5.91 Å². The Morgan fingerprint density at radius 1 is 1.23 bits per heavy atom. The highest BCUT2D eigenvalue weighted by Crippen LogP contribution is 2.25. The average molecular weight is 299 g/mol. The highest BCUT2D eigenvalue weighted by atomic mass is 16.4. The minimum absolute atomic E-state index is 0.217. The summed E-state index contributed by atoms with van der Waals surface area (Å²) in [6.45, 7) is 2.23. The van der Waals surface area contributed by atoms with E-state index in [2.05, 4.69) is 5.10 Å². The lowest BCUT2D eigenvalue weighted by atomic mass is 10.0. The quantitative estimate of drug-likeness (QED) is 0.938. The van der Waals surface area contributed by atoms with Gasteiger partial charge in [0.15, 0.2) is 5.69 Å². The number of carbonyl (C=O) groups is 2. The van der Waals surface area contributed by atoms with E-state index in [-0.39, 0.29) is 11.9 Å². The molecule has 0 bridgehead atoms. The van der Waals surface area contributed by atoms with Crippen LogP contribution < -0.4 is 0 Å². The van der Waals surface area contributed by atoms with E-state index in [1.165, 1.54) is 0 Å². The smallest absolute Gasteiger partial charge is 0.308 e. The maximum Gasteiger partial charge on any atom is 0.308 e. The zero-order valence-corrected chi connectivity index (χ0v) is 12.2. The van der Waals surface area contributed by atoms with E-state index in [9.17, 15) is 9.59 Å². The fourth-order valence-corrected chi connectivity index (χ4v) is 2.87. The second kappa shape index (κ2) is 5.63. The Kier molecular flexibility index (Phi) is 3.66. The zero-order valence-electron chi connectivity index (χ0n) is 12.2. The number of rotatable bonds is 3. The number of carboxylic acid groups (broad SMARTS) is 1. The molecule has 1 amide bonds.